The molecular formula is C14H23ClN2O2. The van der Waals surface area contributed by atoms with Crippen LogP contribution in [-0.4, -0.2) is 25.9 Å². The van der Waals surface area contributed by atoms with Gasteiger partial charge in [-0.05, 0) is 26.0 Å². The van der Waals surface area contributed by atoms with Gasteiger partial charge in [-0.25, -0.2) is 0 Å². The Morgan fingerprint density at radius 1 is 1.42 bits per heavy atom. The fraction of sp³-hybridized carbons (Fsp3) is 0.571. The van der Waals surface area contributed by atoms with E-state index in [-0.39, 0.29) is 6.10 Å². The second-order valence-electron chi connectivity index (χ2n) is 4.41. The molecule has 0 atom stereocenters. The minimum absolute atomic E-state index is 0.132. The van der Waals surface area contributed by atoms with E-state index in [0.717, 1.165) is 19.4 Å². The van der Waals surface area contributed by atoms with Gasteiger partial charge < -0.3 is 20.5 Å². The van der Waals surface area contributed by atoms with E-state index in [2.05, 4.69) is 5.32 Å². The SMILES string of the molecule is C\C=C/C(Cl)=C\C(NCC)=C(/N)O[C@H]1C[C@@H](OC)C1. The lowest BCUT2D eigenvalue weighted by atomic mass is 9.92. The summed E-state index contributed by atoms with van der Waals surface area (Å²) in [6.45, 7) is 4.65. The summed E-state index contributed by atoms with van der Waals surface area (Å²) in [4.78, 5) is 0. The molecule has 1 fully saturated rings. The highest BCUT2D eigenvalue weighted by molar-refractivity contribution is 6.31. The highest BCUT2D eigenvalue weighted by Gasteiger charge is 2.31. The van der Waals surface area contributed by atoms with Crippen LogP contribution < -0.4 is 11.1 Å². The fourth-order valence-corrected chi connectivity index (χ4v) is 2.03. The quantitative estimate of drug-likeness (QED) is 0.558. The molecule has 1 aliphatic carbocycles. The molecule has 0 radical (unpaired) electrons. The van der Waals surface area contributed by atoms with Crippen molar-refractivity contribution in [2.75, 3.05) is 13.7 Å². The maximum Gasteiger partial charge on any atom is 0.208 e. The summed E-state index contributed by atoms with van der Waals surface area (Å²) >= 11 is 6.05. The molecular weight excluding hydrogens is 264 g/mol. The van der Waals surface area contributed by atoms with Crippen molar-refractivity contribution >= 4 is 11.6 Å². The van der Waals surface area contributed by atoms with Gasteiger partial charge in [-0.15, -0.1) is 0 Å². The molecule has 0 aliphatic heterocycles. The van der Waals surface area contributed by atoms with Crippen LogP contribution in [0.5, 0.6) is 0 Å². The summed E-state index contributed by atoms with van der Waals surface area (Å²) in [5, 5.41) is 3.76. The van der Waals surface area contributed by atoms with Gasteiger partial charge in [0.1, 0.15) is 6.10 Å². The Balaban J connectivity index is 2.66. The Bertz CT molecular complexity index is 372. The molecule has 0 unspecified atom stereocenters. The Morgan fingerprint density at radius 3 is 2.63 bits per heavy atom. The zero-order chi connectivity index (χ0) is 14.3. The van der Waals surface area contributed by atoms with Crippen molar-refractivity contribution < 1.29 is 9.47 Å². The highest BCUT2D eigenvalue weighted by atomic mass is 35.5. The molecule has 0 aromatic carbocycles. The Labute approximate surface area is 120 Å². The summed E-state index contributed by atoms with van der Waals surface area (Å²) in [5.41, 5.74) is 6.69. The van der Waals surface area contributed by atoms with Crippen LogP contribution in [0.4, 0.5) is 0 Å². The maximum absolute atomic E-state index is 6.05. The summed E-state index contributed by atoms with van der Waals surface area (Å²) in [5.74, 6) is 0.379. The lowest BCUT2D eigenvalue weighted by Gasteiger charge is -2.34. The molecule has 1 rings (SSSR count). The standard InChI is InChI=1S/C14H23ClN2O2/c1-4-6-10(15)7-13(17-5-2)14(16)19-12-8-11(9-12)18-3/h4,6-7,11-12,17H,5,8-9,16H2,1-3H3/b6-4-,10-7+,14-13-/t11-,12+. The van der Waals surface area contributed by atoms with Crippen molar-refractivity contribution in [3.05, 3.63) is 34.8 Å². The van der Waals surface area contributed by atoms with Crippen LogP contribution >= 0.6 is 11.6 Å². The predicted octanol–water partition coefficient (Wildman–Crippen LogP) is 2.62. The van der Waals surface area contributed by atoms with Crippen molar-refractivity contribution in [2.24, 2.45) is 5.73 Å². The maximum atomic E-state index is 6.05. The van der Waals surface area contributed by atoms with Gasteiger partial charge in [-0.2, -0.15) is 0 Å². The molecule has 0 aromatic rings. The second kappa shape index (κ2) is 8.12. The number of nitrogens with one attached hydrogen (secondary N) is 1. The average Bonchev–Trinajstić information content (AvgIpc) is 2.32. The Hall–Kier alpha value is -1.13. The number of methoxy groups -OCH3 is 1. The molecule has 0 bridgehead atoms. The molecule has 4 nitrogen and oxygen atoms in total. The zero-order valence-electron chi connectivity index (χ0n) is 11.8. The van der Waals surface area contributed by atoms with Gasteiger partial charge in [0.25, 0.3) is 0 Å². The van der Waals surface area contributed by atoms with Crippen LogP contribution in [0, 0.1) is 0 Å². The first-order valence-electron chi connectivity index (χ1n) is 6.53. The first-order valence-corrected chi connectivity index (χ1v) is 6.91. The molecule has 1 aliphatic rings. The van der Waals surface area contributed by atoms with E-state index in [0.29, 0.717) is 22.7 Å². The number of nitrogens with two attached hydrogens (primary N) is 1. The fourth-order valence-electron chi connectivity index (χ4n) is 1.79. The van der Waals surface area contributed by atoms with Crippen molar-refractivity contribution in [3.8, 4) is 0 Å². The monoisotopic (exact) mass is 286 g/mol. The Kier molecular flexibility index (Phi) is 6.81. The molecule has 0 amide bonds. The summed E-state index contributed by atoms with van der Waals surface area (Å²) in [7, 11) is 1.71. The molecule has 0 heterocycles. The van der Waals surface area contributed by atoms with Gasteiger partial charge >= 0.3 is 0 Å². The second-order valence-corrected chi connectivity index (χ2v) is 4.84. The largest absolute Gasteiger partial charge is 0.474 e. The molecule has 19 heavy (non-hydrogen) atoms. The van der Waals surface area contributed by atoms with Crippen molar-refractivity contribution in [3.63, 3.8) is 0 Å². The van der Waals surface area contributed by atoms with Gasteiger partial charge in [0, 0.05) is 31.5 Å². The Morgan fingerprint density at radius 2 is 2.11 bits per heavy atom. The lowest BCUT2D eigenvalue weighted by molar-refractivity contribution is -0.0654. The molecule has 3 N–H and O–H groups in total. The minimum atomic E-state index is 0.132. The third kappa shape index (κ3) is 5.17. The number of rotatable bonds is 7. The molecule has 108 valence electrons. The third-order valence-corrected chi connectivity index (χ3v) is 3.15. The van der Waals surface area contributed by atoms with Crippen LogP contribution in [0.25, 0.3) is 0 Å². The summed E-state index contributed by atoms with van der Waals surface area (Å²) < 4.78 is 10.9. The van der Waals surface area contributed by atoms with Gasteiger partial charge in [0.05, 0.1) is 11.8 Å². The number of halogens is 1. The number of allylic oxidation sites excluding steroid dienone is 4. The molecule has 1 saturated carbocycles. The van der Waals surface area contributed by atoms with Crippen molar-refractivity contribution in [1.29, 1.82) is 0 Å². The molecule has 0 saturated heterocycles. The van der Waals surface area contributed by atoms with E-state index >= 15 is 0 Å². The topological polar surface area (TPSA) is 56.5 Å². The van der Waals surface area contributed by atoms with Gasteiger partial charge in [0.15, 0.2) is 0 Å². The first-order chi connectivity index (χ1) is 9.10. The number of likely N-dealkylation sites (N-methyl/N-ethyl adjacent to an activating group) is 1. The van der Waals surface area contributed by atoms with Crippen LogP contribution in [0.3, 0.4) is 0 Å². The number of ether oxygens (including phenoxy) is 2. The van der Waals surface area contributed by atoms with Gasteiger partial charge in [-0.3, -0.25) is 0 Å². The van der Waals surface area contributed by atoms with E-state index in [1.54, 1.807) is 19.3 Å². The van der Waals surface area contributed by atoms with E-state index in [1.807, 2.05) is 19.9 Å². The van der Waals surface area contributed by atoms with Gasteiger partial charge in [-0.1, -0.05) is 17.7 Å². The average molecular weight is 287 g/mol. The van der Waals surface area contributed by atoms with Crippen LogP contribution in [-0.2, 0) is 9.47 Å². The minimum Gasteiger partial charge on any atom is -0.474 e. The molecule has 5 heteroatoms. The number of hydrogen-bond donors (Lipinski definition) is 2. The number of hydrogen-bond acceptors (Lipinski definition) is 4. The van der Waals surface area contributed by atoms with Gasteiger partial charge in [0.2, 0.25) is 5.88 Å². The van der Waals surface area contributed by atoms with E-state index < -0.39 is 0 Å². The van der Waals surface area contributed by atoms with Crippen molar-refractivity contribution in [2.45, 2.75) is 38.9 Å². The van der Waals surface area contributed by atoms with Crippen LogP contribution in [0.15, 0.2) is 34.8 Å². The summed E-state index contributed by atoms with van der Waals surface area (Å²) in [6, 6.07) is 0. The third-order valence-electron chi connectivity index (χ3n) is 2.92. The van der Waals surface area contributed by atoms with E-state index in [1.165, 1.54) is 0 Å². The highest BCUT2D eigenvalue weighted by Crippen LogP contribution is 2.27. The van der Waals surface area contributed by atoms with E-state index in [9.17, 15) is 0 Å². The normalized spacial score (nSPS) is 24.9. The molecule has 0 spiro atoms. The van der Waals surface area contributed by atoms with Crippen molar-refractivity contribution in [1.82, 2.24) is 5.32 Å². The lowest BCUT2D eigenvalue weighted by Crippen LogP contribution is -2.38. The van der Waals surface area contributed by atoms with E-state index in [4.69, 9.17) is 26.8 Å². The van der Waals surface area contributed by atoms with Crippen LogP contribution in [0.2, 0.25) is 0 Å². The predicted molar refractivity (Wildman–Crippen MR) is 78.5 cm³/mol. The molecule has 0 aromatic heterocycles. The van der Waals surface area contributed by atoms with Crippen LogP contribution in [0.1, 0.15) is 26.7 Å². The first kappa shape index (κ1) is 15.9. The zero-order valence-corrected chi connectivity index (χ0v) is 12.5. The smallest absolute Gasteiger partial charge is 0.208 e. The summed E-state index contributed by atoms with van der Waals surface area (Å²) in [6.07, 6.45) is 7.62.